The normalized spacial score (nSPS) is 11.2. The molecule has 0 saturated carbocycles. The number of benzene rings is 9. The van der Waals surface area contributed by atoms with Crippen LogP contribution in [0.5, 0.6) is 0 Å². The van der Waals surface area contributed by atoms with Gasteiger partial charge in [0.1, 0.15) is 0 Å². The number of nitrogens with zero attached hydrogens (tertiary/aromatic N) is 2. The zero-order chi connectivity index (χ0) is 37.3. The predicted molar refractivity (Wildman–Crippen MR) is 237 cm³/mol. The van der Waals surface area contributed by atoms with Crippen LogP contribution < -0.4 is 4.90 Å². The molecule has 0 atom stereocenters. The molecule has 10 aromatic rings. The van der Waals surface area contributed by atoms with Crippen LogP contribution in [0.1, 0.15) is 0 Å². The first-order chi connectivity index (χ1) is 27.8. The summed E-state index contributed by atoms with van der Waals surface area (Å²) in [5.74, 6) is 0. The van der Waals surface area contributed by atoms with E-state index in [1.54, 1.807) is 0 Å². The minimum atomic E-state index is 1.07. The maximum absolute atomic E-state index is 2.50. The summed E-state index contributed by atoms with van der Waals surface area (Å²) in [4.78, 5) is 2.50. The van der Waals surface area contributed by atoms with E-state index in [4.69, 9.17) is 0 Å². The topological polar surface area (TPSA) is 8.17 Å². The van der Waals surface area contributed by atoms with Crippen LogP contribution in [0.4, 0.5) is 17.1 Å². The molecular formula is C54H38N2. The van der Waals surface area contributed by atoms with Gasteiger partial charge in [0.15, 0.2) is 0 Å². The Morgan fingerprint density at radius 3 is 1.54 bits per heavy atom. The van der Waals surface area contributed by atoms with Crippen LogP contribution >= 0.6 is 0 Å². The first-order valence-electron chi connectivity index (χ1n) is 19.2. The van der Waals surface area contributed by atoms with Gasteiger partial charge in [-0.15, -0.1) is 0 Å². The number of hydrogen-bond acceptors (Lipinski definition) is 1. The minimum absolute atomic E-state index is 1.07. The molecule has 2 heteroatoms. The molecule has 0 aliphatic carbocycles. The Labute approximate surface area is 327 Å². The summed E-state index contributed by atoms with van der Waals surface area (Å²) in [7, 11) is 0. The highest BCUT2D eigenvalue weighted by molar-refractivity contribution is 6.11. The zero-order valence-corrected chi connectivity index (χ0v) is 30.8. The van der Waals surface area contributed by atoms with Crippen LogP contribution in [0.3, 0.4) is 0 Å². The van der Waals surface area contributed by atoms with E-state index in [1.165, 1.54) is 38.5 Å². The molecule has 264 valence electrons. The minimum Gasteiger partial charge on any atom is -0.309 e. The third kappa shape index (κ3) is 5.95. The van der Waals surface area contributed by atoms with Gasteiger partial charge in [-0.05, 0) is 75.8 Å². The Morgan fingerprint density at radius 1 is 0.304 bits per heavy atom. The number of hydrogen-bond donors (Lipinski definition) is 0. The lowest BCUT2D eigenvalue weighted by Gasteiger charge is -2.31. The fourth-order valence-electron chi connectivity index (χ4n) is 8.24. The van der Waals surface area contributed by atoms with Gasteiger partial charge in [0.2, 0.25) is 0 Å². The van der Waals surface area contributed by atoms with Crippen molar-refractivity contribution < 1.29 is 0 Å². The number of aromatic nitrogens is 1. The molecule has 1 heterocycles. The van der Waals surface area contributed by atoms with Gasteiger partial charge in [-0.25, -0.2) is 0 Å². The molecule has 0 aliphatic heterocycles. The first-order valence-corrected chi connectivity index (χ1v) is 19.2. The van der Waals surface area contributed by atoms with Crippen LogP contribution in [0, 0.1) is 0 Å². The summed E-state index contributed by atoms with van der Waals surface area (Å²) in [5.41, 5.74) is 16.1. The molecular weight excluding hydrogens is 677 g/mol. The van der Waals surface area contributed by atoms with Crippen molar-refractivity contribution in [1.29, 1.82) is 0 Å². The maximum atomic E-state index is 2.50. The molecule has 56 heavy (non-hydrogen) atoms. The van der Waals surface area contributed by atoms with E-state index >= 15 is 0 Å². The van der Waals surface area contributed by atoms with E-state index in [0.29, 0.717) is 0 Å². The Hall–Kier alpha value is -7.42. The van der Waals surface area contributed by atoms with Crippen molar-refractivity contribution in [2.45, 2.75) is 0 Å². The number of rotatable bonds is 8. The quantitative estimate of drug-likeness (QED) is 0.152. The fraction of sp³-hybridized carbons (Fsp3) is 0. The van der Waals surface area contributed by atoms with Crippen molar-refractivity contribution in [1.82, 2.24) is 4.57 Å². The highest BCUT2D eigenvalue weighted by atomic mass is 15.2. The molecule has 10 rings (SSSR count). The lowest BCUT2D eigenvalue weighted by atomic mass is 9.91. The lowest BCUT2D eigenvalue weighted by molar-refractivity contribution is 1.18. The molecule has 0 amide bonds. The second-order valence-electron chi connectivity index (χ2n) is 14.1. The molecule has 0 N–H and O–H groups in total. The van der Waals surface area contributed by atoms with Crippen LogP contribution in [-0.2, 0) is 0 Å². The van der Waals surface area contributed by atoms with Gasteiger partial charge in [0.25, 0.3) is 0 Å². The predicted octanol–water partition coefficient (Wildman–Crippen LogP) is 14.9. The third-order valence-corrected chi connectivity index (χ3v) is 10.8. The number of fused-ring (bicyclic) bond motifs is 3. The molecule has 0 bridgehead atoms. The summed E-state index contributed by atoms with van der Waals surface area (Å²) in [6, 6.07) is 83.2. The van der Waals surface area contributed by atoms with Crippen molar-refractivity contribution in [2.75, 3.05) is 4.90 Å². The molecule has 0 saturated heterocycles. The third-order valence-electron chi connectivity index (χ3n) is 10.8. The second-order valence-corrected chi connectivity index (χ2v) is 14.1. The van der Waals surface area contributed by atoms with Gasteiger partial charge in [0.05, 0.1) is 22.4 Å². The van der Waals surface area contributed by atoms with Crippen molar-refractivity contribution in [2.24, 2.45) is 0 Å². The molecule has 2 nitrogen and oxygen atoms in total. The molecule has 0 radical (unpaired) electrons. The highest BCUT2D eigenvalue weighted by Gasteiger charge is 2.25. The maximum Gasteiger partial charge on any atom is 0.0561 e. The van der Waals surface area contributed by atoms with Crippen LogP contribution in [0.2, 0.25) is 0 Å². The Morgan fingerprint density at radius 2 is 0.857 bits per heavy atom. The number of anilines is 3. The Balaban J connectivity index is 1.33. The standard InChI is InChI=1S/C54H38N2/c1-6-19-39(20-7-1)43-33-35-46(40-21-8-2-9-22-40)52(37-43)56(51-32-18-30-47(41-23-10-3-11-24-41)54(51)42-25-12-4-13-26-42)45-34-36-49-48-29-16-17-31-50(48)55(53(49)38-45)44-27-14-5-15-28-44/h1-38H. The van der Waals surface area contributed by atoms with E-state index in [0.717, 1.165) is 50.5 Å². The van der Waals surface area contributed by atoms with Gasteiger partial charge < -0.3 is 9.47 Å². The van der Waals surface area contributed by atoms with E-state index < -0.39 is 0 Å². The monoisotopic (exact) mass is 714 g/mol. The van der Waals surface area contributed by atoms with Gasteiger partial charge in [0, 0.05) is 33.3 Å². The average molecular weight is 715 g/mol. The summed E-state index contributed by atoms with van der Waals surface area (Å²) in [5, 5.41) is 2.45. The zero-order valence-electron chi connectivity index (χ0n) is 30.8. The Kier molecular flexibility index (Phi) is 8.55. The van der Waals surface area contributed by atoms with Gasteiger partial charge in [-0.2, -0.15) is 0 Å². The average Bonchev–Trinajstić information content (AvgIpc) is 3.61. The molecule has 0 fully saturated rings. The van der Waals surface area contributed by atoms with Crippen LogP contribution in [-0.4, -0.2) is 4.57 Å². The van der Waals surface area contributed by atoms with E-state index in [9.17, 15) is 0 Å². The SMILES string of the molecule is c1ccc(-c2ccc(-c3ccccc3)c(N(c3ccc4c5ccccc5n(-c5ccccc5)c4c3)c3cccc(-c4ccccc4)c3-c3ccccc3)c2)cc1. The van der Waals surface area contributed by atoms with Gasteiger partial charge >= 0.3 is 0 Å². The van der Waals surface area contributed by atoms with Crippen molar-refractivity contribution in [3.8, 4) is 50.2 Å². The summed E-state index contributed by atoms with van der Waals surface area (Å²) in [6.45, 7) is 0. The highest BCUT2D eigenvalue weighted by Crippen LogP contribution is 2.49. The largest absolute Gasteiger partial charge is 0.309 e. The van der Waals surface area contributed by atoms with Crippen LogP contribution in [0.15, 0.2) is 231 Å². The lowest BCUT2D eigenvalue weighted by Crippen LogP contribution is -2.13. The summed E-state index contributed by atoms with van der Waals surface area (Å²) >= 11 is 0. The second kappa shape index (κ2) is 14.4. The van der Waals surface area contributed by atoms with Crippen molar-refractivity contribution in [3.63, 3.8) is 0 Å². The molecule has 0 aliphatic rings. The fourth-order valence-corrected chi connectivity index (χ4v) is 8.24. The van der Waals surface area contributed by atoms with Gasteiger partial charge in [-0.3, -0.25) is 0 Å². The molecule has 0 unspecified atom stereocenters. The molecule has 0 spiro atoms. The van der Waals surface area contributed by atoms with Crippen molar-refractivity contribution >= 4 is 38.9 Å². The van der Waals surface area contributed by atoms with E-state index in [2.05, 4.69) is 240 Å². The smallest absolute Gasteiger partial charge is 0.0561 e. The molecule has 1 aromatic heterocycles. The van der Waals surface area contributed by atoms with Crippen molar-refractivity contribution in [3.05, 3.63) is 231 Å². The van der Waals surface area contributed by atoms with Crippen LogP contribution in [0.25, 0.3) is 72.0 Å². The number of para-hydroxylation sites is 2. The Bertz CT molecular complexity index is 2930. The van der Waals surface area contributed by atoms with E-state index in [-0.39, 0.29) is 0 Å². The first kappa shape index (κ1) is 33.2. The summed E-state index contributed by atoms with van der Waals surface area (Å²) < 4.78 is 2.41. The molecule has 9 aromatic carbocycles. The summed E-state index contributed by atoms with van der Waals surface area (Å²) in [6.07, 6.45) is 0. The van der Waals surface area contributed by atoms with E-state index in [1.807, 2.05) is 0 Å². The van der Waals surface area contributed by atoms with Gasteiger partial charge in [-0.1, -0.05) is 188 Å².